The molecule has 0 fully saturated rings. The molecule has 0 saturated carbocycles. The van der Waals surface area contributed by atoms with Gasteiger partial charge < -0.3 is 20.9 Å². The smallest absolute Gasteiger partial charge is 0.329 e. The van der Waals surface area contributed by atoms with Crippen LogP contribution in [0, 0.1) is 0 Å². The number of nitrogens with two attached hydrogens (primary N) is 1. The Kier molecular flexibility index (Phi) is 5.74. The van der Waals surface area contributed by atoms with Gasteiger partial charge in [0.15, 0.2) is 5.69 Å². The van der Waals surface area contributed by atoms with Gasteiger partial charge in [0.2, 0.25) is 0 Å². The Morgan fingerprint density at radius 2 is 2.33 bits per heavy atom. The van der Waals surface area contributed by atoms with Gasteiger partial charge in [0.1, 0.15) is 6.61 Å². The van der Waals surface area contributed by atoms with Crippen LogP contribution in [0.15, 0.2) is 6.20 Å². The van der Waals surface area contributed by atoms with Crippen LogP contribution in [0.25, 0.3) is 0 Å². The molecule has 0 aliphatic heterocycles. The van der Waals surface area contributed by atoms with Gasteiger partial charge in [-0.15, -0.1) is 5.10 Å². The minimum absolute atomic E-state index is 0.120. The molecule has 1 amide bonds. The van der Waals surface area contributed by atoms with E-state index >= 15 is 0 Å². The molecule has 0 aromatic carbocycles. The first-order chi connectivity index (χ1) is 8.63. The molecule has 9 heteroatoms. The van der Waals surface area contributed by atoms with Gasteiger partial charge in [0.25, 0.3) is 5.91 Å². The van der Waals surface area contributed by atoms with E-state index in [-0.39, 0.29) is 25.5 Å². The van der Waals surface area contributed by atoms with Crippen LogP contribution in [0.5, 0.6) is 0 Å². The summed E-state index contributed by atoms with van der Waals surface area (Å²) in [6, 6.07) is 0. The number of nitrogens with zero attached hydrogens (tertiary/aromatic N) is 3. The Bertz CT molecular complexity index is 405. The van der Waals surface area contributed by atoms with E-state index in [4.69, 9.17) is 15.6 Å². The van der Waals surface area contributed by atoms with Crippen molar-refractivity contribution in [1.82, 2.24) is 20.3 Å². The molecular weight excluding hydrogens is 242 g/mol. The van der Waals surface area contributed by atoms with Crippen LogP contribution in [-0.2, 0) is 16.1 Å². The van der Waals surface area contributed by atoms with Crippen molar-refractivity contribution in [1.29, 1.82) is 0 Å². The Hall–Kier alpha value is -2.00. The van der Waals surface area contributed by atoms with Crippen LogP contribution in [0.2, 0.25) is 0 Å². The van der Waals surface area contributed by atoms with Crippen LogP contribution < -0.4 is 11.1 Å². The molecule has 9 nitrogen and oxygen atoms in total. The SMILES string of the molecule is NCCn1cc(C(=O)NCCOCC(=O)O)nn1. The van der Waals surface area contributed by atoms with Crippen molar-refractivity contribution < 1.29 is 19.4 Å². The van der Waals surface area contributed by atoms with Gasteiger partial charge in [-0.3, -0.25) is 9.48 Å². The zero-order chi connectivity index (χ0) is 13.4. The number of ether oxygens (including phenoxy) is 1. The normalized spacial score (nSPS) is 10.3. The molecule has 1 aromatic rings. The Morgan fingerprint density at radius 3 is 3.00 bits per heavy atom. The molecule has 0 spiro atoms. The molecule has 0 radical (unpaired) electrons. The largest absolute Gasteiger partial charge is 0.480 e. The van der Waals surface area contributed by atoms with Crippen molar-refractivity contribution in [3.8, 4) is 0 Å². The van der Waals surface area contributed by atoms with Crippen LogP contribution in [-0.4, -0.2) is 58.3 Å². The number of carbonyl (C=O) groups is 2. The molecule has 0 atom stereocenters. The highest BCUT2D eigenvalue weighted by atomic mass is 16.5. The van der Waals surface area contributed by atoms with E-state index in [2.05, 4.69) is 15.6 Å². The summed E-state index contributed by atoms with van der Waals surface area (Å²) in [5.74, 6) is -1.44. The van der Waals surface area contributed by atoms with Gasteiger partial charge in [-0.1, -0.05) is 5.21 Å². The Morgan fingerprint density at radius 1 is 1.56 bits per heavy atom. The van der Waals surface area contributed by atoms with Crippen molar-refractivity contribution in [2.75, 3.05) is 26.3 Å². The fourth-order valence-electron chi connectivity index (χ4n) is 1.13. The third-order valence-electron chi connectivity index (χ3n) is 1.89. The quantitative estimate of drug-likeness (QED) is 0.462. The van der Waals surface area contributed by atoms with E-state index in [1.807, 2.05) is 0 Å². The molecule has 1 aromatic heterocycles. The first-order valence-corrected chi connectivity index (χ1v) is 5.31. The highest BCUT2D eigenvalue weighted by Gasteiger charge is 2.09. The van der Waals surface area contributed by atoms with E-state index in [0.29, 0.717) is 13.1 Å². The fourth-order valence-corrected chi connectivity index (χ4v) is 1.13. The fraction of sp³-hybridized carbons (Fsp3) is 0.556. The van der Waals surface area contributed by atoms with Crippen LogP contribution in [0.1, 0.15) is 10.5 Å². The summed E-state index contributed by atoms with van der Waals surface area (Å²) < 4.78 is 6.22. The van der Waals surface area contributed by atoms with E-state index in [0.717, 1.165) is 0 Å². The molecule has 100 valence electrons. The number of carbonyl (C=O) groups excluding carboxylic acids is 1. The number of aliphatic carboxylic acids is 1. The third kappa shape index (κ3) is 4.89. The molecule has 4 N–H and O–H groups in total. The zero-order valence-corrected chi connectivity index (χ0v) is 9.70. The maximum absolute atomic E-state index is 11.5. The van der Waals surface area contributed by atoms with Gasteiger partial charge >= 0.3 is 5.97 Å². The zero-order valence-electron chi connectivity index (χ0n) is 9.70. The highest BCUT2D eigenvalue weighted by molar-refractivity contribution is 5.91. The standard InChI is InChI=1S/C9H15N5O4/c10-1-3-14-5-7(12-13-14)9(17)11-2-4-18-6-8(15)16/h5H,1-4,6,10H2,(H,11,17)(H,15,16). The number of carboxylic acid groups (broad SMARTS) is 1. The summed E-state index contributed by atoms with van der Waals surface area (Å²) in [6.07, 6.45) is 1.49. The maximum atomic E-state index is 11.5. The highest BCUT2D eigenvalue weighted by Crippen LogP contribution is 1.92. The van der Waals surface area contributed by atoms with Crippen LogP contribution >= 0.6 is 0 Å². The molecule has 1 heterocycles. The van der Waals surface area contributed by atoms with Gasteiger partial charge in [-0.2, -0.15) is 0 Å². The molecule has 18 heavy (non-hydrogen) atoms. The van der Waals surface area contributed by atoms with Crippen molar-refractivity contribution in [3.63, 3.8) is 0 Å². The first kappa shape index (κ1) is 14.1. The molecule has 0 saturated heterocycles. The third-order valence-corrected chi connectivity index (χ3v) is 1.89. The average molecular weight is 257 g/mol. The van der Waals surface area contributed by atoms with E-state index in [1.165, 1.54) is 10.9 Å². The first-order valence-electron chi connectivity index (χ1n) is 5.31. The second kappa shape index (κ2) is 7.35. The van der Waals surface area contributed by atoms with Crippen molar-refractivity contribution in [2.24, 2.45) is 5.73 Å². The lowest BCUT2D eigenvalue weighted by atomic mass is 10.4. The van der Waals surface area contributed by atoms with Gasteiger partial charge in [0, 0.05) is 13.1 Å². The summed E-state index contributed by atoms with van der Waals surface area (Å²) in [6.45, 7) is 0.836. The van der Waals surface area contributed by atoms with Crippen LogP contribution in [0.3, 0.4) is 0 Å². The molecule has 0 bridgehead atoms. The predicted molar refractivity (Wildman–Crippen MR) is 59.9 cm³/mol. The minimum Gasteiger partial charge on any atom is -0.480 e. The lowest BCUT2D eigenvalue weighted by Gasteiger charge is -2.02. The van der Waals surface area contributed by atoms with Crippen molar-refractivity contribution >= 4 is 11.9 Å². The maximum Gasteiger partial charge on any atom is 0.329 e. The summed E-state index contributed by atoms with van der Waals surface area (Å²) in [5.41, 5.74) is 5.51. The van der Waals surface area contributed by atoms with E-state index in [9.17, 15) is 9.59 Å². The number of rotatable bonds is 8. The topological polar surface area (TPSA) is 132 Å². The van der Waals surface area contributed by atoms with E-state index < -0.39 is 11.9 Å². The second-order valence-corrected chi connectivity index (χ2v) is 3.36. The lowest BCUT2D eigenvalue weighted by Crippen LogP contribution is -2.28. The number of hydrogen-bond donors (Lipinski definition) is 3. The van der Waals surface area contributed by atoms with Gasteiger partial charge in [-0.05, 0) is 0 Å². The molecule has 0 aliphatic rings. The molecule has 0 unspecified atom stereocenters. The summed E-state index contributed by atoms with van der Waals surface area (Å²) >= 11 is 0. The molecular formula is C9H15N5O4. The number of carboxylic acids is 1. The monoisotopic (exact) mass is 257 g/mol. The van der Waals surface area contributed by atoms with E-state index in [1.54, 1.807) is 0 Å². The van der Waals surface area contributed by atoms with Crippen LogP contribution in [0.4, 0.5) is 0 Å². The predicted octanol–water partition coefficient (Wildman–Crippen LogP) is -1.93. The molecule has 0 aliphatic carbocycles. The second-order valence-electron chi connectivity index (χ2n) is 3.36. The molecule has 1 rings (SSSR count). The van der Waals surface area contributed by atoms with Gasteiger partial charge in [0.05, 0.1) is 19.3 Å². The Balaban J connectivity index is 2.25. The van der Waals surface area contributed by atoms with Crippen molar-refractivity contribution in [2.45, 2.75) is 6.54 Å². The number of amides is 1. The average Bonchev–Trinajstić information content (AvgIpc) is 2.77. The number of aromatic nitrogens is 3. The Labute approximate surface area is 103 Å². The van der Waals surface area contributed by atoms with Crippen molar-refractivity contribution in [3.05, 3.63) is 11.9 Å². The number of nitrogens with one attached hydrogen (secondary N) is 1. The lowest BCUT2D eigenvalue weighted by molar-refractivity contribution is -0.142. The summed E-state index contributed by atoms with van der Waals surface area (Å²) in [7, 11) is 0. The van der Waals surface area contributed by atoms with Gasteiger partial charge in [-0.25, -0.2) is 4.79 Å². The summed E-state index contributed by atoms with van der Waals surface area (Å²) in [4.78, 5) is 21.7. The minimum atomic E-state index is -1.05. The summed E-state index contributed by atoms with van der Waals surface area (Å²) in [5, 5.41) is 18.2. The number of hydrogen-bond acceptors (Lipinski definition) is 6.